The summed E-state index contributed by atoms with van der Waals surface area (Å²) in [6.45, 7) is 10.7. The Bertz CT molecular complexity index is 348. The lowest BCUT2D eigenvalue weighted by Crippen LogP contribution is -2.44. The van der Waals surface area contributed by atoms with Gasteiger partial charge in [0.1, 0.15) is 0 Å². The van der Waals surface area contributed by atoms with Gasteiger partial charge in [0, 0.05) is 0 Å². The van der Waals surface area contributed by atoms with Crippen LogP contribution in [0.2, 0.25) is 13.1 Å². The van der Waals surface area contributed by atoms with E-state index in [1.54, 1.807) is 0 Å². The topological polar surface area (TPSA) is 9.23 Å². The molecular formula is C13H20OSi. The van der Waals surface area contributed by atoms with Crippen molar-refractivity contribution in [2.75, 3.05) is 0 Å². The summed E-state index contributed by atoms with van der Waals surface area (Å²) in [4.78, 5) is 0. The van der Waals surface area contributed by atoms with Crippen molar-refractivity contribution >= 4 is 13.5 Å². The van der Waals surface area contributed by atoms with E-state index in [4.69, 9.17) is 4.43 Å². The zero-order valence-electron chi connectivity index (χ0n) is 10.3. The SMILES string of the molecule is CC(C)=C(C)O[Si](C)(C)c1ccccc1. The van der Waals surface area contributed by atoms with Gasteiger partial charge in [-0.3, -0.25) is 0 Å². The largest absolute Gasteiger partial charge is 0.543 e. The van der Waals surface area contributed by atoms with Crippen molar-refractivity contribution in [3.05, 3.63) is 41.7 Å². The molecule has 1 aromatic carbocycles. The summed E-state index contributed by atoms with van der Waals surface area (Å²) in [6.07, 6.45) is 0. The minimum Gasteiger partial charge on any atom is -0.543 e. The molecule has 0 fully saturated rings. The molecule has 0 N–H and O–H groups in total. The maximum atomic E-state index is 6.10. The molecule has 0 aromatic heterocycles. The summed E-state index contributed by atoms with van der Waals surface area (Å²) in [7, 11) is -1.76. The Hall–Kier alpha value is -1.02. The molecule has 1 rings (SSSR count). The summed E-state index contributed by atoms with van der Waals surface area (Å²) in [5.74, 6) is 1.07. The second kappa shape index (κ2) is 4.66. The molecule has 0 saturated heterocycles. The van der Waals surface area contributed by atoms with E-state index in [9.17, 15) is 0 Å². The van der Waals surface area contributed by atoms with Gasteiger partial charge in [-0.2, -0.15) is 0 Å². The smallest absolute Gasteiger partial charge is 0.276 e. The van der Waals surface area contributed by atoms with Crippen molar-refractivity contribution in [1.29, 1.82) is 0 Å². The predicted molar refractivity (Wildman–Crippen MR) is 68.7 cm³/mol. The minimum atomic E-state index is -1.76. The highest BCUT2D eigenvalue weighted by molar-refractivity contribution is 6.84. The number of hydrogen-bond acceptors (Lipinski definition) is 1. The van der Waals surface area contributed by atoms with Crippen LogP contribution in [0, 0.1) is 0 Å². The molecule has 15 heavy (non-hydrogen) atoms. The molecule has 2 heteroatoms. The number of benzene rings is 1. The maximum absolute atomic E-state index is 6.10. The Balaban J connectivity index is 2.90. The van der Waals surface area contributed by atoms with Gasteiger partial charge in [0.15, 0.2) is 0 Å². The highest BCUT2D eigenvalue weighted by atomic mass is 28.4. The molecule has 0 aliphatic rings. The predicted octanol–water partition coefficient (Wildman–Crippen LogP) is 3.43. The quantitative estimate of drug-likeness (QED) is 0.560. The standard InChI is InChI=1S/C13H20OSi/c1-11(2)12(3)14-15(4,5)13-9-7-6-8-10-13/h6-10H,1-5H3. The molecule has 0 aliphatic carbocycles. The van der Waals surface area contributed by atoms with Gasteiger partial charge in [0.25, 0.3) is 8.32 Å². The molecule has 0 unspecified atom stereocenters. The number of allylic oxidation sites excluding steroid dienone is 2. The van der Waals surface area contributed by atoms with E-state index in [0.29, 0.717) is 0 Å². The van der Waals surface area contributed by atoms with E-state index in [1.807, 2.05) is 13.0 Å². The third-order valence-corrected chi connectivity index (χ3v) is 5.12. The lowest BCUT2D eigenvalue weighted by atomic mass is 10.3. The van der Waals surface area contributed by atoms with Crippen LogP contribution in [-0.4, -0.2) is 8.32 Å². The van der Waals surface area contributed by atoms with Crippen LogP contribution in [-0.2, 0) is 4.43 Å². The first-order valence-electron chi connectivity index (χ1n) is 5.32. The minimum absolute atomic E-state index is 1.07. The first-order valence-corrected chi connectivity index (χ1v) is 8.23. The molecule has 0 saturated carbocycles. The van der Waals surface area contributed by atoms with Crippen molar-refractivity contribution < 1.29 is 4.43 Å². The highest BCUT2D eigenvalue weighted by Crippen LogP contribution is 2.13. The van der Waals surface area contributed by atoms with Crippen LogP contribution in [0.4, 0.5) is 0 Å². The Morgan fingerprint density at radius 2 is 1.53 bits per heavy atom. The van der Waals surface area contributed by atoms with E-state index in [-0.39, 0.29) is 0 Å². The average molecular weight is 220 g/mol. The fraction of sp³-hybridized carbons (Fsp3) is 0.385. The summed E-state index contributed by atoms with van der Waals surface area (Å²) < 4.78 is 6.10. The molecule has 0 spiro atoms. The molecular weight excluding hydrogens is 200 g/mol. The van der Waals surface area contributed by atoms with Gasteiger partial charge in [-0.1, -0.05) is 30.3 Å². The van der Waals surface area contributed by atoms with E-state index in [2.05, 4.69) is 51.2 Å². The third-order valence-electron chi connectivity index (χ3n) is 2.58. The van der Waals surface area contributed by atoms with Gasteiger partial charge >= 0.3 is 0 Å². The van der Waals surface area contributed by atoms with E-state index >= 15 is 0 Å². The normalized spacial score (nSPS) is 11.0. The fourth-order valence-electron chi connectivity index (χ4n) is 1.38. The van der Waals surface area contributed by atoms with Crippen molar-refractivity contribution in [1.82, 2.24) is 0 Å². The van der Waals surface area contributed by atoms with E-state index in [1.165, 1.54) is 10.8 Å². The van der Waals surface area contributed by atoms with Crippen molar-refractivity contribution in [2.24, 2.45) is 0 Å². The molecule has 1 aromatic rings. The van der Waals surface area contributed by atoms with E-state index < -0.39 is 8.32 Å². The van der Waals surface area contributed by atoms with Crippen LogP contribution in [0.3, 0.4) is 0 Å². The molecule has 1 nitrogen and oxygen atoms in total. The second-order valence-corrected chi connectivity index (χ2v) is 8.34. The highest BCUT2D eigenvalue weighted by Gasteiger charge is 2.26. The summed E-state index contributed by atoms with van der Waals surface area (Å²) in [6, 6.07) is 10.5. The van der Waals surface area contributed by atoms with Gasteiger partial charge < -0.3 is 4.43 Å². The zero-order valence-corrected chi connectivity index (χ0v) is 11.3. The zero-order chi connectivity index (χ0) is 11.5. The summed E-state index contributed by atoms with van der Waals surface area (Å²) in [5, 5.41) is 1.34. The molecule has 0 atom stereocenters. The van der Waals surface area contributed by atoms with Crippen LogP contribution >= 0.6 is 0 Å². The number of rotatable bonds is 3. The van der Waals surface area contributed by atoms with Gasteiger partial charge in [-0.25, -0.2) is 0 Å². The lowest BCUT2D eigenvalue weighted by Gasteiger charge is -2.25. The Kier molecular flexibility index (Phi) is 3.75. The monoisotopic (exact) mass is 220 g/mol. The lowest BCUT2D eigenvalue weighted by molar-refractivity contribution is 0.423. The van der Waals surface area contributed by atoms with Crippen molar-refractivity contribution in [3.8, 4) is 0 Å². The molecule has 0 amide bonds. The van der Waals surface area contributed by atoms with Crippen LogP contribution < -0.4 is 5.19 Å². The van der Waals surface area contributed by atoms with Crippen LogP contribution in [0.5, 0.6) is 0 Å². The van der Waals surface area contributed by atoms with Gasteiger partial charge in [0.2, 0.25) is 0 Å². The molecule has 0 heterocycles. The van der Waals surface area contributed by atoms with Crippen LogP contribution in [0.1, 0.15) is 20.8 Å². The Morgan fingerprint density at radius 3 is 2.00 bits per heavy atom. The molecule has 0 radical (unpaired) electrons. The first kappa shape index (κ1) is 12.0. The first-order chi connectivity index (χ1) is 6.93. The number of hydrogen-bond donors (Lipinski definition) is 0. The van der Waals surface area contributed by atoms with Gasteiger partial charge in [-0.15, -0.1) is 0 Å². The van der Waals surface area contributed by atoms with Gasteiger partial charge in [0.05, 0.1) is 5.76 Å². The van der Waals surface area contributed by atoms with Crippen LogP contribution in [0.15, 0.2) is 41.7 Å². The van der Waals surface area contributed by atoms with E-state index in [0.717, 1.165) is 5.76 Å². The molecule has 0 aliphatic heterocycles. The average Bonchev–Trinajstić information content (AvgIpc) is 2.18. The molecule has 82 valence electrons. The third kappa shape index (κ3) is 3.24. The fourth-order valence-corrected chi connectivity index (χ4v) is 3.47. The van der Waals surface area contributed by atoms with Gasteiger partial charge in [-0.05, 0) is 44.6 Å². The molecule has 0 bridgehead atoms. The van der Waals surface area contributed by atoms with Crippen LogP contribution in [0.25, 0.3) is 0 Å². The Morgan fingerprint density at radius 1 is 1.00 bits per heavy atom. The van der Waals surface area contributed by atoms with Crippen molar-refractivity contribution in [3.63, 3.8) is 0 Å². The summed E-state index contributed by atoms with van der Waals surface area (Å²) in [5.41, 5.74) is 1.26. The summed E-state index contributed by atoms with van der Waals surface area (Å²) >= 11 is 0. The second-order valence-electron chi connectivity index (χ2n) is 4.53. The van der Waals surface area contributed by atoms with Crippen molar-refractivity contribution in [2.45, 2.75) is 33.9 Å². The maximum Gasteiger partial charge on any atom is 0.276 e. The Labute approximate surface area is 93.9 Å².